The summed E-state index contributed by atoms with van der Waals surface area (Å²) in [7, 11) is 2.22. The zero-order valence-corrected chi connectivity index (χ0v) is 12.5. The number of rotatable bonds is 0. The molecule has 5 aliphatic rings. The van der Waals surface area contributed by atoms with Crippen molar-refractivity contribution >= 4 is 0 Å². The van der Waals surface area contributed by atoms with Crippen LogP contribution in [0.4, 0.5) is 0 Å². The molecule has 4 bridgehead atoms. The van der Waals surface area contributed by atoms with E-state index in [4.69, 9.17) is 4.74 Å². The summed E-state index contributed by atoms with van der Waals surface area (Å²) >= 11 is 0. The van der Waals surface area contributed by atoms with Gasteiger partial charge in [-0.05, 0) is 48.9 Å². The van der Waals surface area contributed by atoms with E-state index in [1.54, 1.807) is 6.07 Å². The maximum atomic E-state index is 10.6. The van der Waals surface area contributed by atoms with Gasteiger partial charge in [0, 0.05) is 18.2 Å². The lowest BCUT2D eigenvalue weighted by Crippen LogP contribution is -2.57. The number of hydrogen-bond donors (Lipinski definition) is 2. The van der Waals surface area contributed by atoms with Gasteiger partial charge in [0.15, 0.2) is 11.5 Å². The molecule has 3 aliphatic carbocycles. The number of aliphatic hydroxyl groups is 1. The molecular formula is C18H19NO3. The third-order valence-electron chi connectivity index (χ3n) is 6.98. The number of aromatic hydroxyl groups is 1. The minimum absolute atomic E-state index is 0.179. The van der Waals surface area contributed by atoms with Gasteiger partial charge in [-0.15, -0.1) is 0 Å². The number of phenolic OH excluding ortho intramolecular Hbond substituents is 1. The van der Waals surface area contributed by atoms with Crippen molar-refractivity contribution in [2.75, 3.05) is 13.6 Å². The van der Waals surface area contributed by atoms with E-state index in [2.05, 4.69) is 24.1 Å². The van der Waals surface area contributed by atoms with Crippen LogP contribution in [-0.2, 0) is 11.8 Å². The van der Waals surface area contributed by atoms with E-state index in [9.17, 15) is 10.2 Å². The summed E-state index contributed by atoms with van der Waals surface area (Å²) in [5.41, 5.74) is 3.78. The zero-order valence-electron chi connectivity index (χ0n) is 12.5. The fourth-order valence-corrected chi connectivity index (χ4v) is 6.49. The minimum Gasteiger partial charge on any atom is -0.504 e. The van der Waals surface area contributed by atoms with Crippen LogP contribution in [0.1, 0.15) is 17.5 Å². The maximum Gasteiger partial charge on any atom is 0.166 e. The van der Waals surface area contributed by atoms with E-state index in [-0.39, 0.29) is 17.3 Å². The number of fused-ring (bicyclic) bond motifs is 1. The van der Waals surface area contributed by atoms with E-state index in [0.29, 0.717) is 30.0 Å². The van der Waals surface area contributed by atoms with E-state index in [1.807, 2.05) is 0 Å². The lowest BCUT2D eigenvalue weighted by Gasteiger charge is -2.47. The van der Waals surface area contributed by atoms with E-state index in [0.717, 1.165) is 13.0 Å². The van der Waals surface area contributed by atoms with E-state index in [1.165, 1.54) is 16.7 Å². The van der Waals surface area contributed by atoms with Crippen LogP contribution in [0.5, 0.6) is 11.5 Å². The van der Waals surface area contributed by atoms with Gasteiger partial charge in [0.1, 0.15) is 6.10 Å². The van der Waals surface area contributed by atoms with Crippen molar-refractivity contribution in [2.45, 2.75) is 36.5 Å². The van der Waals surface area contributed by atoms with Crippen molar-refractivity contribution in [1.82, 2.24) is 4.90 Å². The van der Waals surface area contributed by atoms with Gasteiger partial charge in [-0.1, -0.05) is 12.1 Å². The molecule has 2 unspecified atom stereocenters. The molecule has 2 fully saturated rings. The molecule has 2 N–H and O–H groups in total. The second kappa shape index (κ2) is 3.36. The van der Waals surface area contributed by atoms with Gasteiger partial charge >= 0.3 is 0 Å². The van der Waals surface area contributed by atoms with Crippen molar-refractivity contribution < 1.29 is 14.9 Å². The van der Waals surface area contributed by atoms with Crippen LogP contribution in [-0.4, -0.2) is 47.0 Å². The predicted molar refractivity (Wildman–Crippen MR) is 80.0 cm³/mol. The molecule has 0 aromatic heterocycles. The Bertz CT molecular complexity index is 757. The number of benzene rings is 1. The summed E-state index contributed by atoms with van der Waals surface area (Å²) in [5.74, 6) is 1.99. The van der Waals surface area contributed by atoms with Gasteiger partial charge in [-0.2, -0.15) is 0 Å². The molecule has 4 heteroatoms. The molecule has 0 radical (unpaired) electrons. The zero-order chi connectivity index (χ0) is 14.8. The maximum absolute atomic E-state index is 10.6. The molecule has 1 aromatic carbocycles. The number of aliphatic hydroxyl groups excluding tert-OH is 1. The summed E-state index contributed by atoms with van der Waals surface area (Å²) in [6.45, 7) is 1.06. The topological polar surface area (TPSA) is 52.9 Å². The second-order valence-corrected chi connectivity index (χ2v) is 7.68. The van der Waals surface area contributed by atoms with Crippen molar-refractivity contribution in [1.29, 1.82) is 0 Å². The number of likely N-dealkylation sites (N-methyl/N-ethyl adjacent to an activating group) is 1. The first kappa shape index (κ1) is 12.0. The van der Waals surface area contributed by atoms with Crippen LogP contribution in [0.15, 0.2) is 23.8 Å². The largest absolute Gasteiger partial charge is 0.504 e. The van der Waals surface area contributed by atoms with Gasteiger partial charge in [-0.25, -0.2) is 0 Å². The van der Waals surface area contributed by atoms with Gasteiger partial charge in [-0.3, -0.25) is 4.90 Å². The fourth-order valence-electron chi connectivity index (χ4n) is 6.49. The van der Waals surface area contributed by atoms with Crippen LogP contribution in [0.2, 0.25) is 0 Å². The Morgan fingerprint density at radius 3 is 3.09 bits per heavy atom. The van der Waals surface area contributed by atoms with Crippen LogP contribution < -0.4 is 4.74 Å². The molecule has 1 saturated carbocycles. The summed E-state index contributed by atoms with van der Waals surface area (Å²) in [6, 6.07) is 4.30. The smallest absolute Gasteiger partial charge is 0.166 e. The molecule has 1 aromatic rings. The first-order valence-corrected chi connectivity index (χ1v) is 8.25. The molecule has 1 saturated heterocycles. The summed E-state index contributed by atoms with van der Waals surface area (Å²) in [4.78, 5) is 2.48. The third-order valence-corrected chi connectivity index (χ3v) is 6.98. The van der Waals surface area contributed by atoms with Crippen molar-refractivity contribution in [2.24, 2.45) is 11.8 Å². The Kier molecular flexibility index (Phi) is 1.83. The Balaban J connectivity index is 1.74. The number of ether oxygens (including phenoxy) is 1. The number of phenols is 1. The molecule has 6 rings (SSSR count). The van der Waals surface area contributed by atoms with Crippen LogP contribution in [0.3, 0.4) is 0 Å². The molecule has 22 heavy (non-hydrogen) atoms. The Hall–Kier alpha value is -1.52. The average Bonchev–Trinajstić information content (AvgIpc) is 3.07. The molecular weight excluding hydrogens is 278 g/mol. The number of hydrogen-bond acceptors (Lipinski definition) is 4. The first-order chi connectivity index (χ1) is 10.6. The van der Waals surface area contributed by atoms with Gasteiger partial charge < -0.3 is 14.9 Å². The van der Waals surface area contributed by atoms with Crippen molar-refractivity contribution in [3.8, 4) is 11.5 Å². The van der Waals surface area contributed by atoms with Crippen LogP contribution in [0.25, 0.3) is 0 Å². The average molecular weight is 297 g/mol. The van der Waals surface area contributed by atoms with Crippen molar-refractivity contribution in [3.05, 3.63) is 34.9 Å². The second-order valence-electron chi connectivity index (χ2n) is 7.68. The first-order valence-electron chi connectivity index (χ1n) is 8.25. The Morgan fingerprint density at radius 2 is 2.23 bits per heavy atom. The Labute approximate surface area is 129 Å². The van der Waals surface area contributed by atoms with Crippen molar-refractivity contribution in [3.63, 3.8) is 0 Å². The van der Waals surface area contributed by atoms with E-state index >= 15 is 0 Å². The van der Waals surface area contributed by atoms with Gasteiger partial charge in [0.05, 0.1) is 11.5 Å². The molecule has 1 spiro atoms. The third kappa shape index (κ3) is 0.965. The number of likely N-dealkylation sites (tertiary alicyclic amines) is 1. The standard InChI is InChI=1S/C18H19NO3/c1-19-7-11-9-6-8-2-4-12(20)16-14(8)18(11)10(15(9)19)3-5-13(21)17(18)22-16/h2-4,9,11,13,15,17,20-21H,5-7H2,1H3/t9?,11?,13-,15+,17-,18+/m0/s1. The van der Waals surface area contributed by atoms with Gasteiger partial charge in [0.25, 0.3) is 0 Å². The lowest BCUT2D eigenvalue weighted by molar-refractivity contribution is -0.0120. The molecule has 4 nitrogen and oxygen atoms in total. The Morgan fingerprint density at radius 1 is 1.36 bits per heavy atom. The molecule has 2 heterocycles. The van der Waals surface area contributed by atoms with Gasteiger partial charge in [0.2, 0.25) is 0 Å². The predicted octanol–water partition coefficient (Wildman–Crippen LogP) is 1.20. The SMILES string of the molecule is CN1CC2C3Cc4ccc(O)c5c4[C@@]24C(=CC[C@H](O)[C@@H]4O5)[C@@H]31. The van der Waals surface area contributed by atoms with Crippen LogP contribution >= 0.6 is 0 Å². The normalized spacial score (nSPS) is 46.5. The molecule has 6 atom stereocenters. The molecule has 0 amide bonds. The summed E-state index contributed by atoms with van der Waals surface area (Å²) < 4.78 is 6.19. The van der Waals surface area contributed by atoms with Crippen LogP contribution in [0, 0.1) is 11.8 Å². The molecule has 114 valence electrons. The highest BCUT2D eigenvalue weighted by molar-refractivity contribution is 5.67. The summed E-state index contributed by atoms with van der Waals surface area (Å²) in [6.07, 6.45) is 3.29. The summed E-state index contributed by atoms with van der Waals surface area (Å²) in [5, 5.41) is 20.9. The number of nitrogens with zero attached hydrogens (tertiary/aromatic N) is 1. The molecule has 2 aliphatic heterocycles. The minimum atomic E-state index is -0.480. The quantitative estimate of drug-likeness (QED) is 0.707. The highest BCUT2D eigenvalue weighted by Gasteiger charge is 2.73. The highest BCUT2D eigenvalue weighted by Crippen LogP contribution is 2.70. The monoisotopic (exact) mass is 297 g/mol. The highest BCUT2D eigenvalue weighted by atomic mass is 16.5. The fraction of sp³-hybridized carbons (Fsp3) is 0.556. The lowest BCUT2D eigenvalue weighted by atomic mass is 9.58. The number of piperidine rings is 1. The van der Waals surface area contributed by atoms with E-state index < -0.39 is 6.10 Å².